The van der Waals surface area contributed by atoms with Crippen LogP contribution in [-0.4, -0.2) is 38.6 Å². The van der Waals surface area contributed by atoms with Crippen LogP contribution in [-0.2, 0) is 18.4 Å². The SMILES string of the molecule is CC1=C(C(=O)On2cc[n+](C)c2)C(c2ccc(Cl)cc2)N(Cc2nc(-c3ccccc3)cs2)C(=O)N1C. The molecule has 2 aromatic heterocycles. The maximum absolute atomic E-state index is 13.6. The number of hydrogen-bond acceptors (Lipinski definition) is 5. The first-order chi connectivity index (χ1) is 17.8. The Morgan fingerprint density at radius 2 is 1.89 bits per heavy atom. The molecule has 0 fully saturated rings. The molecule has 1 unspecified atom stereocenters. The molecule has 2 amide bonds. The lowest BCUT2D eigenvalue weighted by Crippen LogP contribution is -2.49. The minimum absolute atomic E-state index is 0.219. The Kier molecular flexibility index (Phi) is 6.82. The van der Waals surface area contributed by atoms with Crippen LogP contribution in [0, 0.1) is 0 Å². The summed E-state index contributed by atoms with van der Waals surface area (Å²) in [6, 6.07) is 16.1. The average molecular weight is 535 g/mol. The maximum Gasteiger partial charge on any atom is 0.388 e. The van der Waals surface area contributed by atoms with E-state index < -0.39 is 12.0 Å². The Hall–Kier alpha value is -3.95. The maximum atomic E-state index is 13.6. The van der Waals surface area contributed by atoms with Crippen LogP contribution in [0.2, 0.25) is 5.02 Å². The number of carbonyl (C=O) groups excluding carboxylic acids is 2. The van der Waals surface area contributed by atoms with Gasteiger partial charge in [-0.25, -0.2) is 19.1 Å². The number of aryl methyl sites for hydroxylation is 1. The Morgan fingerprint density at radius 1 is 1.16 bits per heavy atom. The molecule has 37 heavy (non-hydrogen) atoms. The van der Waals surface area contributed by atoms with E-state index in [-0.39, 0.29) is 12.6 Å². The standard InChI is InChI=1S/C27H25ClN5O3S/c1-18-24(26(34)36-32-14-13-30(2)17-32)25(20-9-11-21(28)12-10-20)33(27(35)31(18)3)15-23-29-22(16-37-23)19-7-5-4-6-8-19/h4-14,16-17,25H,15H2,1-3H3/q+1. The summed E-state index contributed by atoms with van der Waals surface area (Å²) in [6.45, 7) is 1.97. The molecule has 0 spiro atoms. The van der Waals surface area contributed by atoms with E-state index in [0.717, 1.165) is 21.8 Å². The number of allylic oxidation sites excluding steroid dienone is 1. The van der Waals surface area contributed by atoms with Crippen molar-refractivity contribution in [3.05, 3.63) is 106 Å². The van der Waals surface area contributed by atoms with Crippen molar-refractivity contribution in [2.45, 2.75) is 19.5 Å². The molecule has 0 bridgehead atoms. The highest BCUT2D eigenvalue weighted by molar-refractivity contribution is 7.09. The molecule has 0 radical (unpaired) electrons. The van der Waals surface area contributed by atoms with Crippen molar-refractivity contribution in [1.82, 2.24) is 19.5 Å². The van der Waals surface area contributed by atoms with Crippen LogP contribution in [0.1, 0.15) is 23.5 Å². The molecule has 5 rings (SSSR count). The normalized spacial score (nSPS) is 15.9. The largest absolute Gasteiger partial charge is 0.388 e. The minimum Gasteiger partial charge on any atom is -0.306 e. The van der Waals surface area contributed by atoms with Gasteiger partial charge in [0.2, 0.25) is 0 Å². The van der Waals surface area contributed by atoms with Gasteiger partial charge in [-0.2, -0.15) is 0 Å². The van der Waals surface area contributed by atoms with Crippen molar-refractivity contribution >= 4 is 34.9 Å². The number of aromatic nitrogens is 3. The van der Waals surface area contributed by atoms with Gasteiger partial charge in [-0.05, 0) is 29.4 Å². The number of rotatable bonds is 6. The van der Waals surface area contributed by atoms with Gasteiger partial charge in [-0.15, -0.1) is 11.3 Å². The second-order valence-electron chi connectivity index (χ2n) is 8.73. The number of nitrogens with zero attached hydrogens (tertiary/aromatic N) is 5. The lowest BCUT2D eigenvalue weighted by Gasteiger charge is -2.41. The Morgan fingerprint density at radius 3 is 2.57 bits per heavy atom. The van der Waals surface area contributed by atoms with Gasteiger partial charge in [0.25, 0.3) is 6.33 Å². The van der Waals surface area contributed by atoms with Crippen molar-refractivity contribution in [2.75, 3.05) is 7.05 Å². The molecule has 8 nitrogen and oxygen atoms in total. The fourth-order valence-corrected chi connectivity index (χ4v) is 5.22. The Labute approximate surface area is 223 Å². The summed E-state index contributed by atoms with van der Waals surface area (Å²) in [6.07, 6.45) is 5.04. The van der Waals surface area contributed by atoms with Crippen molar-refractivity contribution in [2.24, 2.45) is 7.05 Å². The van der Waals surface area contributed by atoms with Crippen molar-refractivity contribution in [1.29, 1.82) is 0 Å². The van der Waals surface area contributed by atoms with Crippen LogP contribution in [0.15, 0.2) is 90.0 Å². The van der Waals surface area contributed by atoms with Crippen molar-refractivity contribution < 1.29 is 19.0 Å². The molecule has 1 atom stereocenters. The minimum atomic E-state index is -0.693. The highest BCUT2D eigenvalue weighted by Gasteiger charge is 2.42. The second-order valence-corrected chi connectivity index (χ2v) is 10.1. The lowest BCUT2D eigenvalue weighted by atomic mass is 9.93. The summed E-state index contributed by atoms with van der Waals surface area (Å²) < 4.78 is 3.11. The van der Waals surface area contributed by atoms with Crippen molar-refractivity contribution in [3.8, 4) is 11.3 Å². The zero-order valence-electron chi connectivity index (χ0n) is 20.5. The van der Waals surface area contributed by atoms with Gasteiger partial charge in [-0.1, -0.05) is 54.1 Å². The third kappa shape index (κ3) is 5.00. The quantitative estimate of drug-likeness (QED) is 0.338. The summed E-state index contributed by atoms with van der Waals surface area (Å²) >= 11 is 7.63. The molecule has 0 aliphatic carbocycles. The number of halogens is 1. The zero-order chi connectivity index (χ0) is 26.1. The fourth-order valence-electron chi connectivity index (χ4n) is 4.29. The molecule has 188 valence electrons. The Balaban J connectivity index is 1.54. The van der Waals surface area contributed by atoms with Gasteiger partial charge in [0.05, 0.1) is 30.9 Å². The molecule has 0 saturated heterocycles. The van der Waals surface area contributed by atoms with E-state index >= 15 is 0 Å². The molecule has 1 aliphatic heterocycles. The highest BCUT2D eigenvalue weighted by Crippen LogP contribution is 2.39. The molecule has 4 aromatic rings. The fraction of sp³-hybridized carbons (Fsp3) is 0.185. The molecule has 0 saturated carbocycles. The average Bonchev–Trinajstić information content (AvgIpc) is 3.54. The predicted molar refractivity (Wildman–Crippen MR) is 140 cm³/mol. The van der Waals surface area contributed by atoms with Gasteiger partial charge in [-0.3, -0.25) is 4.84 Å². The highest BCUT2D eigenvalue weighted by atomic mass is 35.5. The van der Waals surface area contributed by atoms with E-state index in [4.69, 9.17) is 21.4 Å². The summed E-state index contributed by atoms with van der Waals surface area (Å²) in [4.78, 5) is 40.7. The van der Waals surface area contributed by atoms with Crippen LogP contribution in [0.3, 0.4) is 0 Å². The van der Waals surface area contributed by atoms with E-state index in [0.29, 0.717) is 16.3 Å². The molecular weight excluding hydrogens is 510 g/mol. The molecule has 1 aliphatic rings. The summed E-state index contributed by atoms with van der Waals surface area (Å²) in [7, 11) is 3.49. The third-order valence-corrected chi connectivity index (χ3v) is 7.36. The number of amides is 2. The first-order valence-corrected chi connectivity index (χ1v) is 12.8. The third-order valence-electron chi connectivity index (χ3n) is 6.28. The smallest absolute Gasteiger partial charge is 0.306 e. The number of carbonyl (C=O) groups is 2. The Bertz CT molecular complexity index is 1480. The van der Waals surface area contributed by atoms with Gasteiger partial charge >= 0.3 is 12.0 Å². The number of thiazole rings is 1. The van der Waals surface area contributed by atoms with Gasteiger partial charge in [0.1, 0.15) is 11.2 Å². The first kappa shape index (κ1) is 24.7. The molecule has 3 heterocycles. The van der Waals surface area contributed by atoms with E-state index in [9.17, 15) is 9.59 Å². The van der Waals surface area contributed by atoms with Gasteiger partial charge in [0, 0.05) is 28.7 Å². The number of benzene rings is 2. The van der Waals surface area contributed by atoms with Gasteiger partial charge in [0.15, 0.2) is 6.20 Å². The second kappa shape index (κ2) is 10.2. The summed E-state index contributed by atoms with van der Waals surface area (Å²) in [5.74, 6) is -0.554. The van der Waals surface area contributed by atoms with Crippen molar-refractivity contribution in [3.63, 3.8) is 0 Å². The molecule has 2 aromatic carbocycles. The van der Waals surface area contributed by atoms with Crippen LogP contribution in [0.4, 0.5) is 4.79 Å². The predicted octanol–water partition coefficient (Wildman–Crippen LogP) is 4.63. The van der Waals surface area contributed by atoms with E-state index in [1.165, 1.54) is 21.0 Å². The van der Waals surface area contributed by atoms with Crippen LogP contribution in [0.25, 0.3) is 11.3 Å². The van der Waals surface area contributed by atoms with E-state index in [1.54, 1.807) is 54.3 Å². The monoisotopic (exact) mass is 534 g/mol. The molecular formula is C27H25ClN5O3S+. The van der Waals surface area contributed by atoms with Crippen LogP contribution >= 0.6 is 22.9 Å². The number of imidazole rings is 1. The van der Waals surface area contributed by atoms with Crippen LogP contribution in [0.5, 0.6) is 0 Å². The zero-order valence-corrected chi connectivity index (χ0v) is 22.1. The van der Waals surface area contributed by atoms with E-state index in [2.05, 4.69) is 0 Å². The first-order valence-electron chi connectivity index (χ1n) is 11.6. The summed E-state index contributed by atoms with van der Waals surface area (Å²) in [5, 5.41) is 3.29. The summed E-state index contributed by atoms with van der Waals surface area (Å²) in [5.41, 5.74) is 3.47. The number of urea groups is 1. The van der Waals surface area contributed by atoms with E-state index in [1.807, 2.05) is 54.9 Å². The topological polar surface area (TPSA) is 71.5 Å². The van der Waals surface area contributed by atoms with Gasteiger partial charge < -0.3 is 9.80 Å². The molecule has 10 heteroatoms. The number of hydrogen-bond donors (Lipinski definition) is 0. The lowest BCUT2D eigenvalue weighted by molar-refractivity contribution is -0.671. The molecule has 0 N–H and O–H groups in total. The van der Waals surface area contributed by atoms with Crippen LogP contribution < -0.4 is 9.40 Å².